The highest BCUT2D eigenvalue weighted by Gasteiger charge is 2.37. The molecule has 9 nitrogen and oxygen atoms in total. The van der Waals surface area contributed by atoms with Gasteiger partial charge in [0.1, 0.15) is 0 Å². The van der Waals surface area contributed by atoms with E-state index in [4.69, 9.17) is 0 Å². The van der Waals surface area contributed by atoms with Crippen LogP contribution in [0.4, 0.5) is 56.6 Å². The van der Waals surface area contributed by atoms with E-state index in [2.05, 4.69) is 14.2 Å². The first-order valence-corrected chi connectivity index (χ1v) is 24.8. The van der Waals surface area contributed by atoms with Crippen molar-refractivity contribution in [3.8, 4) is 0 Å². The number of rotatable bonds is 9. The lowest BCUT2D eigenvalue weighted by Crippen LogP contribution is -2.19. The summed E-state index contributed by atoms with van der Waals surface area (Å²) in [5.41, 5.74) is 1.04. The second-order valence-corrected chi connectivity index (χ2v) is 21.0. The first kappa shape index (κ1) is 55.5. The molecule has 6 rings (SSSR count). The summed E-state index contributed by atoms with van der Waals surface area (Å²) in [5.74, 6) is 0. The molecule has 0 aromatic heterocycles. The fourth-order valence-electron chi connectivity index (χ4n) is 7.82. The lowest BCUT2D eigenvalue weighted by atomic mass is 10.1. The van der Waals surface area contributed by atoms with Gasteiger partial charge in [-0.15, -0.1) is 0 Å². The number of sulfonamides is 3. The van der Waals surface area contributed by atoms with Crippen LogP contribution in [0.5, 0.6) is 0 Å². The van der Waals surface area contributed by atoms with Crippen LogP contribution < -0.4 is 14.2 Å². The molecule has 6 aromatic carbocycles. The third kappa shape index (κ3) is 14.0. The highest BCUT2D eigenvalue weighted by atomic mass is 32.2. The third-order valence-electron chi connectivity index (χ3n) is 10.1. The largest absolute Gasteiger partial charge is 0.418 e. The van der Waals surface area contributed by atoms with E-state index in [0.717, 1.165) is 53.1 Å². The second-order valence-electron chi connectivity index (χ2n) is 16.1. The fraction of sp³-hybridized carbons (Fsp3) is 0.250. The Balaban J connectivity index is 0.000000225. The maximum atomic E-state index is 13.0. The summed E-state index contributed by atoms with van der Waals surface area (Å²) in [6.07, 6.45) is -13.9. The average molecular weight is 1030 g/mol. The summed E-state index contributed by atoms with van der Waals surface area (Å²) in [5, 5.41) is 0. The lowest BCUT2D eigenvalue weighted by molar-refractivity contribution is -0.137. The van der Waals surface area contributed by atoms with E-state index in [1.807, 2.05) is 20.8 Å². The molecule has 0 radical (unpaired) electrons. The Morgan fingerprint density at radius 1 is 0.319 bits per heavy atom. The molecule has 6 aromatic rings. The van der Waals surface area contributed by atoms with Crippen molar-refractivity contribution in [2.24, 2.45) is 0 Å². The van der Waals surface area contributed by atoms with Gasteiger partial charge < -0.3 is 0 Å². The molecule has 69 heavy (non-hydrogen) atoms. The van der Waals surface area contributed by atoms with E-state index >= 15 is 0 Å². The first-order valence-electron chi connectivity index (χ1n) is 20.4. The van der Waals surface area contributed by atoms with Gasteiger partial charge in [0.15, 0.2) is 0 Å². The number of hydrogen-bond acceptors (Lipinski definition) is 6. The summed E-state index contributed by atoms with van der Waals surface area (Å²) in [4.78, 5) is 0.000215. The Morgan fingerprint density at radius 3 is 0.667 bits per heavy atom. The molecule has 3 N–H and O–H groups in total. The van der Waals surface area contributed by atoms with Crippen LogP contribution in [0.3, 0.4) is 0 Å². The van der Waals surface area contributed by atoms with Crippen molar-refractivity contribution in [3.05, 3.63) is 176 Å². The fourth-order valence-corrected chi connectivity index (χ4v) is 12.4. The molecule has 372 valence electrons. The Kier molecular flexibility index (Phi) is 16.8. The zero-order valence-electron chi connectivity index (χ0n) is 38.5. The molecule has 0 bridgehead atoms. The Bertz CT molecular complexity index is 2800. The molecule has 0 amide bonds. The lowest BCUT2D eigenvalue weighted by Gasteiger charge is -2.17. The topological polar surface area (TPSA) is 139 Å². The van der Waals surface area contributed by atoms with Crippen LogP contribution in [0.1, 0.15) is 66.8 Å². The van der Waals surface area contributed by atoms with Crippen molar-refractivity contribution in [2.75, 3.05) is 14.2 Å². The number of halogens is 9. The molecule has 0 atom stereocenters. The average Bonchev–Trinajstić information content (AvgIpc) is 3.15. The molecule has 0 unspecified atom stereocenters. The zero-order chi connectivity index (χ0) is 52.2. The van der Waals surface area contributed by atoms with Crippen molar-refractivity contribution in [2.45, 2.75) is 95.5 Å². The van der Waals surface area contributed by atoms with Crippen LogP contribution in [0.2, 0.25) is 0 Å². The van der Waals surface area contributed by atoms with Gasteiger partial charge in [0.2, 0.25) is 0 Å². The summed E-state index contributed by atoms with van der Waals surface area (Å²) in [7, 11) is -12.4. The number of hydrogen-bond donors (Lipinski definition) is 3. The summed E-state index contributed by atoms with van der Waals surface area (Å²) in [6, 6.07) is 23.6. The highest BCUT2D eigenvalue weighted by Crippen LogP contribution is 2.39. The second kappa shape index (κ2) is 20.9. The molecular formula is C48H48F9N3O6S3. The minimum atomic E-state index is -4.64. The monoisotopic (exact) mass is 1030 g/mol. The number of benzene rings is 6. The number of nitrogens with one attached hydrogen (secondary N) is 3. The van der Waals surface area contributed by atoms with Crippen LogP contribution in [-0.2, 0) is 48.6 Å². The van der Waals surface area contributed by atoms with E-state index in [-0.39, 0.29) is 14.7 Å². The van der Waals surface area contributed by atoms with Crippen LogP contribution >= 0.6 is 0 Å². The number of alkyl halides is 9. The Morgan fingerprint density at radius 2 is 0.493 bits per heavy atom. The highest BCUT2D eigenvalue weighted by molar-refractivity contribution is 7.93. The van der Waals surface area contributed by atoms with Gasteiger partial charge in [-0.05, 0) is 132 Å². The standard InChI is InChI=1S/3C16H16F3NO2S/c3*1-10-8-11(2)15(12(3)9-10)23(21,22)20-14-7-5-4-6-13(14)16(17,18)19/h3*4-9,20H,1-3H3. The number of aryl methyl sites for hydroxylation is 9. The van der Waals surface area contributed by atoms with Crippen molar-refractivity contribution < 1.29 is 64.8 Å². The quantitative estimate of drug-likeness (QED) is 0.123. The zero-order valence-corrected chi connectivity index (χ0v) is 40.9. The molecule has 21 heteroatoms. The number of anilines is 3. The van der Waals surface area contributed by atoms with E-state index in [1.54, 1.807) is 77.9 Å². The summed E-state index contributed by atoms with van der Waals surface area (Å²) >= 11 is 0. The molecule has 0 aliphatic rings. The maximum absolute atomic E-state index is 13.0. The van der Waals surface area contributed by atoms with Gasteiger partial charge in [0.05, 0.1) is 48.4 Å². The van der Waals surface area contributed by atoms with Gasteiger partial charge in [-0.25, -0.2) is 25.3 Å². The van der Waals surface area contributed by atoms with Gasteiger partial charge in [-0.2, -0.15) is 39.5 Å². The van der Waals surface area contributed by atoms with E-state index in [9.17, 15) is 64.8 Å². The van der Waals surface area contributed by atoms with Gasteiger partial charge in [-0.1, -0.05) is 89.5 Å². The molecule has 0 saturated heterocycles. The maximum Gasteiger partial charge on any atom is 0.418 e. The predicted molar refractivity (Wildman–Crippen MR) is 249 cm³/mol. The number of para-hydroxylation sites is 3. The van der Waals surface area contributed by atoms with E-state index in [1.165, 1.54) is 36.4 Å². The van der Waals surface area contributed by atoms with Gasteiger partial charge in [0, 0.05) is 0 Å². The normalized spacial score (nSPS) is 12.3. The van der Waals surface area contributed by atoms with Crippen LogP contribution in [0, 0.1) is 62.3 Å². The van der Waals surface area contributed by atoms with Crippen molar-refractivity contribution in [1.82, 2.24) is 0 Å². The van der Waals surface area contributed by atoms with Gasteiger partial charge in [0.25, 0.3) is 30.1 Å². The van der Waals surface area contributed by atoms with Crippen LogP contribution in [0.25, 0.3) is 0 Å². The SMILES string of the molecule is Cc1cc(C)c(S(=O)(=O)Nc2ccccc2C(F)(F)F)c(C)c1.Cc1cc(C)c(S(=O)(=O)Nc2ccccc2C(F)(F)F)c(C)c1.Cc1cc(C)c(S(=O)(=O)Nc2ccccc2C(F)(F)F)c(C)c1. The van der Waals surface area contributed by atoms with Crippen molar-refractivity contribution >= 4 is 47.1 Å². The molecule has 0 aliphatic heterocycles. The van der Waals surface area contributed by atoms with Crippen molar-refractivity contribution in [1.29, 1.82) is 0 Å². The summed E-state index contributed by atoms with van der Waals surface area (Å²) in [6.45, 7) is 15.2. The summed E-state index contributed by atoms with van der Waals surface area (Å²) < 4.78 is 199. The van der Waals surface area contributed by atoms with E-state index in [0.29, 0.717) is 33.4 Å². The van der Waals surface area contributed by atoms with Gasteiger partial charge in [-0.3, -0.25) is 14.2 Å². The Hall–Kier alpha value is -6.06. The minimum absolute atomic E-state index is 0.0000718. The third-order valence-corrected chi connectivity index (χ3v) is 15.1. The molecule has 0 saturated carbocycles. The van der Waals surface area contributed by atoms with Crippen LogP contribution in [-0.4, -0.2) is 25.3 Å². The van der Waals surface area contributed by atoms with Gasteiger partial charge >= 0.3 is 18.5 Å². The molecule has 0 spiro atoms. The minimum Gasteiger partial charge on any atom is -0.279 e. The molecule has 0 fully saturated rings. The molecule has 0 aliphatic carbocycles. The smallest absolute Gasteiger partial charge is 0.279 e. The molecular weight excluding hydrogens is 982 g/mol. The first-order chi connectivity index (χ1) is 31.6. The van der Waals surface area contributed by atoms with E-state index < -0.39 is 82.4 Å². The molecule has 0 heterocycles. The predicted octanol–water partition coefficient (Wildman–Crippen LogP) is 13.3. The van der Waals surface area contributed by atoms with Crippen molar-refractivity contribution in [3.63, 3.8) is 0 Å². The Labute approximate surface area is 396 Å². The van der Waals surface area contributed by atoms with Crippen LogP contribution in [0.15, 0.2) is 124 Å².